The number of hydrogen-bond acceptors (Lipinski definition) is 5. The fourth-order valence-corrected chi connectivity index (χ4v) is 4.50. The lowest BCUT2D eigenvalue weighted by molar-refractivity contribution is -0.122. The number of benzene rings is 2. The van der Waals surface area contributed by atoms with E-state index in [2.05, 4.69) is 12.2 Å². The molecular formula is C24H26N2O5. The van der Waals surface area contributed by atoms with E-state index >= 15 is 0 Å². The van der Waals surface area contributed by atoms with Crippen LogP contribution < -0.4 is 19.7 Å². The summed E-state index contributed by atoms with van der Waals surface area (Å²) in [5.74, 6) is 0.554. The number of hydrogen-bond donors (Lipinski definition) is 1. The summed E-state index contributed by atoms with van der Waals surface area (Å²) >= 11 is 0. The second-order valence-corrected chi connectivity index (χ2v) is 8.21. The van der Waals surface area contributed by atoms with E-state index in [0.717, 1.165) is 19.3 Å². The number of imide groups is 1. The van der Waals surface area contributed by atoms with E-state index in [1.807, 2.05) is 0 Å². The van der Waals surface area contributed by atoms with E-state index < -0.39 is 0 Å². The van der Waals surface area contributed by atoms with Crippen LogP contribution in [0.4, 0.5) is 11.4 Å². The van der Waals surface area contributed by atoms with Gasteiger partial charge >= 0.3 is 0 Å². The molecule has 1 aliphatic carbocycles. The van der Waals surface area contributed by atoms with Crippen molar-refractivity contribution in [1.29, 1.82) is 0 Å². The first-order chi connectivity index (χ1) is 14.9. The maximum absolute atomic E-state index is 12.9. The van der Waals surface area contributed by atoms with Gasteiger partial charge in [0.25, 0.3) is 5.91 Å². The van der Waals surface area contributed by atoms with Crippen molar-refractivity contribution in [2.45, 2.75) is 26.2 Å². The van der Waals surface area contributed by atoms with Gasteiger partial charge in [0, 0.05) is 11.6 Å². The molecule has 1 aliphatic heterocycles. The Morgan fingerprint density at radius 1 is 0.968 bits per heavy atom. The molecule has 4 rings (SSSR count). The van der Waals surface area contributed by atoms with Crippen molar-refractivity contribution in [1.82, 2.24) is 0 Å². The fourth-order valence-electron chi connectivity index (χ4n) is 4.50. The van der Waals surface area contributed by atoms with Crippen molar-refractivity contribution in [3.8, 4) is 11.5 Å². The number of carbonyl (C=O) groups excluding carboxylic acids is 3. The molecule has 0 spiro atoms. The second kappa shape index (κ2) is 8.41. The highest BCUT2D eigenvalue weighted by atomic mass is 16.5. The molecule has 3 amide bonds. The predicted octanol–water partition coefficient (Wildman–Crippen LogP) is 3.88. The van der Waals surface area contributed by atoms with Gasteiger partial charge in [0.05, 0.1) is 37.4 Å². The summed E-state index contributed by atoms with van der Waals surface area (Å²) in [4.78, 5) is 39.7. The summed E-state index contributed by atoms with van der Waals surface area (Å²) in [5.41, 5.74) is 1.43. The average Bonchev–Trinajstić information content (AvgIpc) is 3.03. The number of methoxy groups -OCH3 is 2. The summed E-state index contributed by atoms with van der Waals surface area (Å²) in [6, 6.07) is 11.6. The Balaban J connectivity index is 1.50. The topological polar surface area (TPSA) is 84.9 Å². The summed E-state index contributed by atoms with van der Waals surface area (Å²) in [6.07, 6.45) is 2.50. The zero-order valence-corrected chi connectivity index (χ0v) is 17.9. The Morgan fingerprint density at radius 3 is 2.35 bits per heavy atom. The summed E-state index contributed by atoms with van der Waals surface area (Å²) in [7, 11) is 3.07. The van der Waals surface area contributed by atoms with Crippen molar-refractivity contribution in [3.63, 3.8) is 0 Å². The van der Waals surface area contributed by atoms with Crippen molar-refractivity contribution in [2.24, 2.45) is 17.8 Å². The number of nitrogens with zero attached hydrogens (tertiary/aromatic N) is 1. The van der Waals surface area contributed by atoms with Gasteiger partial charge < -0.3 is 14.8 Å². The third kappa shape index (κ3) is 3.87. The maximum Gasteiger partial charge on any atom is 0.255 e. The number of amides is 3. The molecule has 2 aromatic rings. The maximum atomic E-state index is 12.9. The van der Waals surface area contributed by atoms with Crippen LogP contribution in [0.3, 0.4) is 0 Å². The Labute approximate surface area is 181 Å². The Hall–Kier alpha value is -3.35. The van der Waals surface area contributed by atoms with Crippen molar-refractivity contribution >= 4 is 29.1 Å². The Kier molecular flexibility index (Phi) is 5.67. The van der Waals surface area contributed by atoms with Gasteiger partial charge in [0.2, 0.25) is 11.8 Å². The molecule has 2 aliphatic rings. The molecule has 1 saturated carbocycles. The summed E-state index contributed by atoms with van der Waals surface area (Å²) in [5, 5.41) is 2.81. The third-order valence-electron chi connectivity index (χ3n) is 6.23. The van der Waals surface area contributed by atoms with Crippen LogP contribution >= 0.6 is 0 Å². The highest BCUT2D eigenvalue weighted by molar-refractivity contribution is 6.22. The molecule has 2 fully saturated rings. The van der Waals surface area contributed by atoms with Crippen molar-refractivity contribution < 1.29 is 23.9 Å². The van der Waals surface area contributed by atoms with Crippen LogP contribution in [0.15, 0.2) is 42.5 Å². The monoisotopic (exact) mass is 422 g/mol. The Bertz CT molecular complexity index is 1020. The zero-order chi connectivity index (χ0) is 22.1. The van der Waals surface area contributed by atoms with Gasteiger partial charge in [-0.2, -0.15) is 0 Å². The number of rotatable bonds is 5. The largest absolute Gasteiger partial charge is 0.497 e. The van der Waals surface area contributed by atoms with Crippen LogP contribution in [-0.2, 0) is 9.59 Å². The first kappa shape index (κ1) is 20.9. The summed E-state index contributed by atoms with van der Waals surface area (Å²) < 4.78 is 10.5. The molecule has 0 radical (unpaired) electrons. The number of nitrogens with one attached hydrogen (secondary N) is 1. The molecule has 2 aromatic carbocycles. The zero-order valence-electron chi connectivity index (χ0n) is 17.9. The standard InChI is InChI=1S/C24H26N2O5/c1-14-4-10-18-19(12-14)24(29)26(23(18)28)16-7-5-15(6-8-16)22(27)25-20-11-9-17(30-2)13-21(20)31-3/h5-9,11,13-14,18-19H,4,10,12H2,1-3H3,(H,25,27)/t14-,18+,19+/m0/s1. The van der Waals surface area contributed by atoms with E-state index in [1.54, 1.807) is 49.6 Å². The molecule has 3 atom stereocenters. The van der Waals surface area contributed by atoms with Gasteiger partial charge in [0.15, 0.2) is 0 Å². The Morgan fingerprint density at radius 2 is 1.68 bits per heavy atom. The molecule has 1 heterocycles. The lowest BCUT2D eigenvalue weighted by Gasteiger charge is -2.25. The highest BCUT2D eigenvalue weighted by Crippen LogP contribution is 2.42. The van der Waals surface area contributed by atoms with Gasteiger partial charge in [-0.25, -0.2) is 0 Å². The lowest BCUT2D eigenvalue weighted by Crippen LogP contribution is -2.30. The quantitative estimate of drug-likeness (QED) is 0.739. The number of ether oxygens (including phenoxy) is 2. The first-order valence-electron chi connectivity index (χ1n) is 10.4. The van der Waals surface area contributed by atoms with Crippen LogP contribution in [0.5, 0.6) is 11.5 Å². The second-order valence-electron chi connectivity index (χ2n) is 8.21. The SMILES string of the molecule is COc1ccc(NC(=O)c2ccc(N3C(=O)[C@@H]4CC[C@H](C)C[C@H]4C3=O)cc2)c(OC)c1. The van der Waals surface area contributed by atoms with Gasteiger partial charge in [-0.3, -0.25) is 19.3 Å². The van der Waals surface area contributed by atoms with Crippen LogP contribution in [0, 0.1) is 17.8 Å². The molecule has 0 bridgehead atoms. The van der Waals surface area contributed by atoms with E-state index in [9.17, 15) is 14.4 Å². The van der Waals surface area contributed by atoms with Gasteiger partial charge in [-0.05, 0) is 61.6 Å². The van der Waals surface area contributed by atoms with Crippen LogP contribution in [0.25, 0.3) is 0 Å². The van der Waals surface area contributed by atoms with E-state index in [0.29, 0.717) is 34.4 Å². The van der Waals surface area contributed by atoms with Crippen LogP contribution in [-0.4, -0.2) is 31.9 Å². The highest BCUT2D eigenvalue weighted by Gasteiger charge is 2.49. The van der Waals surface area contributed by atoms with E-state index in [1.165, 1.54) is 12.0 Å². The first-order valence-corrected chi connectivity index (χ1v) is 10.4. The number of anilines is 2. The van der Waals surface area contributed by atoms with E-state index in [4.69, 9.17) is 9.47 Å². The summed E-state index contributed by atoms with van der Waals surface area (Å²) in [6.45, 7) is 2.13. The van der Waals surface area contributed by atoms with Gasteiger partial charge in [0.1, 0.15) is 11.5 Å². The molecule has 0 unspecified atom stereocenters. The van der Waals surface area contributed by atoms with Crippen LogP contribution in [0.2, 0.25) is 0 Å². The minimum Gasteiger partial charge on any atom is -0.497 e. The molecule has 31 heavy (non-hydrogen) atoms. The van der Waals surface area contributed by atoms with Crippen molar-refractivity contribution in [3.05, 3.63) is 48.0 Å². The van der Waals surface area contributed by atoms with E-state index in [-0.39, 0.29) is 29.6 Å². The fraction of sp³-hybridized carbons (Fsp3) is 0.375. The minimum absolute atomic E-state index is 0.123. The molecule has 1 N–H and O–H groups in total. The van der Waals surface area contributed by atoms with Gasteiger partial charge in [-0.15, -0.1) is 0 Å². The molecule has 7 heteroatoms. The van der Waals surface area contributed by atoms with Crippen LogP contribution in [0.1, 0.15) is 36.5 Å². The smallest absolute Gasteiger partial charge is 0.255 e. The van der Waals surface area contributed by atoms with Crippen molar-refractivity contribution in [2.75, 3.05) is 24.4 Å². The number of fused-ring (bicyclic) bond motifs is 1. The molecule has 7 nitrogen and oxygen atoms in total. The molecular weight excluding hydrogens is 396 g/mol. The normalized spacial score (nSPS) is 22.8. The predicted molar refractivity (Wildman–Crippen MR) is 116 cm³/mol. The minimum atomic E-state index is -0.323. The molecule has 0 aromatic heterocycles. The lowest BCUT2D eigenvalue weighted by atomic mass is 9.76. The van der Waals surface area contributed by atoms with Gasteiger partial charge in [-0.1, -0.05) is 6.92 Å². The molecule has 1 saturated heterocycles. The average molecular weight is 422 g/mol. The molecule has 162 valence electrons. The third-order valence-corrected chi connectivity index (χ3v) is 6.23. The number of carbonyl (C=O) groups is 3.